The second-order valence-corrected chi connectivity index (χ2v) is 7.52. The Morgan fingerprint density at radius 1 is 1.00 bits per heavy atom. The third kappa shape index (κ3) is 3.22. The Kier molecular flexibility index (Phi) is 3.95. The van der Waals surface area contributed by atoms with Crippen LogP contribution in [0.3, 0.4) is 0 Å². The molecule has 0 radical (unpaired) electrons. The van der Waals surface area contributed by atoms with Crippen LogP contribution in [0.5, 0.6) is 0 Å². The van der Waals surface area contributed by atoms with E-state index in [-0.39, 0.29) is 0 Å². The van der Waals surface area contributed by atoms with E-state index in [4.69, 9.17) is 0 Å². The predicted octanol–water partition coefficient (Wildman–Crippen LogP) is 4.28. The Hall–Kier alpha value is -3.03. The van der Waals surface area contributed by atoms with Gasteiger partial charge in [0.25, 0.3) is 0 Å². The molecule has 4 aromatic rings. The summed E-state index contributed by atoms with van der Waals surface area (Å²) in [5.74, 6) is 0.773. The van der Waals surface area contributed by atoms with Crippen molar-refractivity contribution in [1.82, 2.24) is 24.5 Å². The van der Waals surface area contributed by atoms with Crippen LogP contribution in [0.15, 0.2) is 54.9 Å². The number of fused-ring (bicyclic) bond motifs is 1. The molecule has 1 aliphatic rings. The molecule has 3 heterocycles. The summed E-state index contributed by atoms with van der Waals surface area (Å²) in [6.07, 6.45) is 3.70. The lowest BCUT2D eigenvalue weighted by atomic mass is 10.1. The summed E-state index contributed by atoms with van der Waals surface area (Å²) in [6.45, 7) is 2.00. The summed E-state index contributed by atoms with van der Waals surface area (Å²) in [7, 11) is 2.14. The predicted molar refractivity (Wildman–Crippen MR) is 108 cm³/mol. The van der Waals surface area contributed by atoms with Gasteiger partial charge in [0, 0.05) is 47.6 Å². The van der Waals surface area contributed by atoms with Crippen molar-refractivity contribution >= 4 is 22.4 Å². The van der Waals surface area contributed by atoms with Crippen LogP contribution in [0, 0.1) is 0 Å². The van der Waals surface area contributed by atoms with Crippen LogP contribution in [-0.2, 0) is 13.1 Å². The van der Waals surface area contributed by atoms with Crippen LogP contribution in [0.25, 0.3) is 22.5 Å². The van der Waals surface area contributed by atoms with E-state index in [0.717, 1.165) is 46.4 Å². The lowest BCUT2D eigenvalue weighted by molar-refractivity contribution is 0.353. The van der Waals surface area contributed by atoms with Gasteiger partial charge < -0.3 is 5.32 Å². The van der Waals surface area contributed by atoms with Crippen LogP contribution < -0.4 is 5.32 Å². The van der Waals surface area contributed by atoms with Gasteiger partial charge in [-0.25, -0.2) is 0 Å². The molecule has 0 bridgehead atoms. The molecule has 1 aliphatic heterocycles. The summed E-state index contributed by atoms with van der Waals surface area (Å²) < 4.78 is 4.53. The minimum atomic E-state index is 0.773. The zero-order valence-corrected chi connectivity index (χ0v) is 15.6. The molecular formula is C20H18N6S. The number of aromatic nitrogens is 4. The van der Waals surface area contributed by atoms with Gasteiger partial charge in [-0.3, -0.25) is 10.00 Å². The SMILES string of the molecule is CN1Cc2ccc(-c3nsc(Nc4ccc(-c5cn[nH]c5)cc4)n3)cc2C1. The van der Waals surface area contributed by atoms with Crippen LogP contribution in [0.2, 0.25) is 0 Å². The topological polar surface area (TPSA) is 69.7 Å². The highest BCUT2D eigenvalue weighted by atomic mass is 32.1. The van der Waals surface area contributed by atoms with Crippen molar-refractivity contribution in [2.24, 2.45) is 0 Å². The lowest BCUT2D eigenvalue weighted by Crippen LogP contribution is -2.07. The molecule has 0 atom stereocenters. The quantitative estimate of drug-likeness (QED) is 0.558. The molecule has 0 fully saturated rings. The van der Waals surface area contributed by atoms with Gasteiger partial charge in [0.05, 0.1) is 6.20 Å². The first kappa shape index (κ1) is 16.2. The third-order valence-electron chi connectivity index (χ3n) is 4.74. The van der Waals surface area contributed by atoms with E-state index in [1.807, 2.05) is 24.5 Å². The Labute approximate surface area is 161 Å². The Morgan fingerprint density at radius 2 is 1.81 bits per heavy atom. The number of hydrogen-bond donors (Lipinski definition) is 2. The van der Waals surface area contributed by atoms with E-state index < -0.39 is 0 Å². The second kappa shape index (κ2) is 6.61. The molecular weight excluding hydrogens is 356 g/mol. The first-order valence-electron chi connectivity index (χ1n) is 8.75. The molecule has 0 saturated carbocycles. The molecule has 0 aliphatic carbocycles. The van der Waals surface area contributed by atoms with Gasteiger partial charge in [-0.05, 0) is 41.9 Å². The van der Waals surface area contributed by atoms with Gasteiger partial charge in [0.1, 0.15) is 0 Å². The molecule has 0 spiro atoms. The molecule has 5 rings (SSSR count). The van der Waals surface area contributed by atoms with E-state index in [1.54, 1.807) is 0 Å². The van der Waals surface area contributed by atoms with E-state index in [1.165, 1.54) is 22.7 Å². The smallest absolute Gasteiger partial charge is 0.207 e. The Bertz CT molecular complexity index is 1070. The fourth-order valence-electron chi connectivity index (χ4n) is 3.37. The van der Waals surface area contributed by atoms with Crippen molar-refractivity contribution in [3.63, 3.8) is 0 Å². The van der Waals surface area contributed by atoms with Crippen LogP contribution >= 0.6 is 11.5 Å². The van der Waals surface area contributed by atoms with E-state index >= 15 is 0 Å². The fourth-order valence-corrected chi connectivity index (χ4v) is 3.98. The zero-order valence-electron chi connectivity index (χ0n) is 14.8. The molecule has 27 heavy (non-hydrogen) atoms. The number of aromatic amines is 1. The first-order chi connectivity index (χ1) is 13.2. The van der Waals surface area contributed by atoms with Gasteiger partial charge in [0.2, 0.25) is 5.13 Å². The van der Waals surface area contributed by atoms with E-state index in [2.05, 4.69) is 67.2 Å². The monoisotopic (exact) mass is 374 g/mol. The van der Waals surface area contributed by atoms with Gasteiger partial charge in [0.15, 0.2) is 5.82 Å². The summed E-state index contributed by atoms with van der Waals surface area (Å²) in [4.78, 5) is 6.97. The maximum absolute atomic E-state index is 4.66. The normalized spacial score (nSPS) is 13.7. The number of nitrogens with zero attached hydrogens (tertiary/aromatic N) is 4. The van der Waals surface area contributed by atoms with E-state index in [9.17, 15) is 0 Å². The number of hydrogen-bond acceptors (Lipinski definition) is 6. The van der Waals surface area contributed by atoms with Gasteiger partial charge in [-0.1, -0.05) is 24.3 Å². The third-order valence-corrected chi connectivity index (χ3v) is 5.37. The molecule has 0 unspecified atom stereocenters. The molecule has 0 saturated heterocycles. The maximum Gasteiger partial charge on any atom is 0.207 e. The first-order valence-corrected chi connectivity index (χ1v) is 9.52. The number of benzene rings is 2. The lowest BCUT2D eigenvalue weighted by Gasteiger charge is -2.03. The highest BCUT2D eigenvalue weighted by Gasteiger charge is 2.17. The summed E-state index contributed by atoms with van der Waals surface area (Å²) >= 11 is 1.38. The molecule has 7 heteroatoms. The average Bonchev–Trinajstić information content (AvgIpc) is 3.42. The highest BCUT2D eigenvalue weighted by molar-refractivity contribution is 7.09. The van der Waals surface area contributed by atoms with Gasteiger partial charge in [-0.15, -0.1) is 0 Å². The maximum atomic E-state index is 4.66. The zero-order chi connectivity index (χ0) is 18.2. The summed E-state index contributed by atoms with van der Waals surface area (Å²) in [6, 6.07) is 14.7. The van der Waals surface area contributed by atoms with Gasteiger partial charge >= 0.3 is 0 Å². The number of nitrogens with one attached hydrogen (secondary N) is 2. The fraction of sp³-hybridized carbons (Fsp3) is 0.150. The number of rotatable bonds is 4. The summed E-state index contributed by atoms with van der Waals surface area (Å²) in [5, 5.41) is 10.9. The van der Waals surface area contributed by atoms with Crippen molar-refractivity contribution in [3.8, 4) is 22.5 Å². The Morgan fingerprint density at radius 3 is 2.63 bits per heavy atom. The average molecular weight is 374 g/mol. The molecule has 6 nitrogen and oxygen atoms in total. The molecule has 134 valence electrons. The van der Waals surface area contributed by atoms with Crippen LogP contribution in [0.4, 0.5) is 10.8 Å². The van der Waals surface area contributed by atoms with Crippen molar-refractivity contribution in [1.29, 1.82) is 0 Å². The van der Waals surface area contributed by atoms with Crippen LogP contribution in [-0.4, -0.2) is 31.5 Å². The molecule has 0 amide bonds. The number of H-pyrrole nitrogens is 1. The largest absolute Gasteiger partial charge is 0.330 e. The van der Waals surface area contributed by atoms with Crippen molar-refractivity contribution in [3.05, 3.63) is 66.0 Å². The highest BCUT2D eigenvalue weighted by Crippen LogP contribution is 2.29. The van der Waals surface area contributed by atoms with Crippen molar-refractivity contribution in [2.75, 3.05) is 12.4 Å². The van der Waals surface area contributed by atoms with Crippen molar-refractivity contribution < 1.29 is 0 Å². The number of anilines is 2. The molecule has 2 aromatic heterocycles. The van der Waals surface area contributed by atoms with E-state index in [0.29, 0.717) is 0 Å². The van der Waals surface area contributed by atoms with Crippen molar-refractivity contribution in [2.45, 2.75) is 13.1 Å². The minimum Gasteiger partial charge on any atom is -0.330 e. The van der Waals surface area contributed by atoms with Gasteiger partial charge in [-0.2, -0.15) is 14.5 Å². The summed E-state index contributed by atoms with van der Waals surface area (Å²) in [5.41, 5.74) is 7.02. The molecule has 2 aromatic carbocycles. The Balaban J connectivity index is 1.33. The minimum absolute atomic E-state index is 0.773. The molecule has 2 N–H and O–H groups in total. The second-order valence-electron chi connectivity index (χ2n) is 6.77. The van der Waals surface area contributed by atoms with Crippen LogP contribution in [0.1, 0.15) is 11.1 Å². The standard InChI is InChI=1S/C20H18N6S/c1-26-11-15-3-2-14(8-16(15)12-26)19-24-20(27-25-19)23-18-6-4-13(5-7-18)17-9-21-22-10-17/h2-10H,11-12H2,1H3,(H,21,22)(H,23,24,25).